The molecule has 9 heteroatoms. The molecule has 1 rings (SSSR count). The Morgan fingerprint density at radius 2 is 0.913 bits per heavy atom. The van der Waals surface area contributed by atoms with Gasteiger partial charge in [0, 0.05) is 6.42 Å². The van der Waals surface area contributed by atoms with Gasteiger partial charge in [-0.3, -0.25) is 4.79 Å². The van der Waals surface area contributed by atoms with Crippen LogP contribution in [0.1, 0.15) is 194 Å². The molecular weight excluding hydrogens is 863 g/mol. The monoisotopic (exact) mass is 962 g/mol. The minimum atomic E-state index is -1.58. The minimum Gasteiger partial charge on any atom is -0.394 e. The number of hydrogen-bond acceptors (Lipinski definition) is 8. The van der Waals surface area contributed by atoms with Crippen LogP contribution in [0, 0.1) is 0 Å². The summed E-state index contributed by atoms with van der Waals surface area (Å²) < 4.78 is 11.2. The van der Waals surface area contributed by atoms with Crippen LogP contribution in [-0.4, -0.2) is 87.5 Å². The van der Waals surface area contributed by atoms with Gasteiger partial charge in [-0.15, -0.1) is 0 Å². The number of ether oxygens (including phenoxy) is 2. The van der Waals surface area contributed by atoms with Gasteiger partial charge in [-0.25, -0.2) is 0 Å². The largest absolute Gasteiger partial charge is 0.394 e. The Kier molecular flexibility index (Phi) is 44.5. The third kappa shape index (κ3) is 38.0. The van der Waals surface area contributed by atoms with Crippen LogP contribution in [0.2, 0.25) is 0 Å². The van der Waals surface area contributed by atoms with Gasteiger partial charge in [0.2, 0.25) is 5.91 Å². The molecule has 69 heavy (non-hydrogen) atoms. The molecule has 7 atom stereocenters. The van der Waals surface area contributed by atoms with Crippen molar-refractivity contribution < 1.29 is 39.8 Å². The molecule has 0 aliphatic carbocycles. The molecule has 0 radical (unpaired) electrons. The number of unbranched alkanes of at least 4 members (excludes halogenated alkanes) is 16. The van der Waals surface area contributed by atoms with Crippen LogP contribution in [0.25, 0.3) is 0 Å². The number of carbonyl (C=O) groups is 1. The van der Waals surface area contributed by atoms with Gasteiger partial charge in [-0.05, 0) is 103 Å². The standard InChI is InChI=1S/C60H99NO8/c1-3-5-7-9-11-13-15-17-19-21-22-23-24-25-26-27-28-29-30-31-32-34-36-38-40-42-44-46-48-50-56(64)61-53(52-68-60-59(67)58(66)57(65)55(51-62)69-60)54(63)49-47-45-43-41-39-37-35-33-20-18-16-14-12-10-8-6-4-2/h5,7,11,13,17,19-20,22-23,25-26,28-29,31-33,39,41,47,49,53-55,57-60,62-63,65-67H,3-4,6,8-10,12,14-16,18,21,24,27,30,34-38,40,42-46,48,50-52H2,1-2H3,(H,61,64)/b7-5-,13-11-,19-17-,23-22-,26-25-,29-28-,32-31-,33-20+,41-39+,49-47+. The van der Waals surface area contributed by atoms with Gasteiger partial charge in [0.25, 0.3) is 0 Å². The lowest BCUT2D eigenvalue weighted by atomic mass is 9.99. The van der Waals surface area contributed by atoms with E-state index >= 15 is 0 Å². The fourth-order valence-electron chi connectivity index (χ4n) is 7.70. The van der Waals surface area contributed by atoms with Gasteiger partial charge in [0.1, 0.15) is 24.4 Å². The van der Waals surface area contributed by atoms with E-state index in [2.05, 4.69) is 129 Å². The Balaban J connectivity index is 2.30. The van der Waals surface area contributed by atoms with Crippen molar-refractivity contribution >= 4 is 5.91 Å². The van der Waals surface area contributed by atoms with Crippen molar-refractivity contribution in [2.45, 2.75) is 236 Å². The number of aliphatic hydroxyl groups excluding tert-OH is 5. The van der Waals surface area contributed by atoms with E-state index in [1.165, 1.54) is 64.2 Å². The van der Waals surface area contributed by atoms with Gasteiger partial charge in [-0.2, -0.15) is 0 Å². The molecule has 0 aromatic rings. The Bertz CT molecular complexity index is 1490. The van der Waals surface area contributed by atoms with Crippen molar-refractivity contribution in [1.29, 1.82) is 0 Å². The van der Waals surface area contributed by atoms with Crippen molar-refractivity contribution in [3.63, 3.8) is 0 Å². The summed E-state index contributed by atoms with van der Waals surface area (Å²) in [5.74, 6) is -0.208. The second kappa shape index (κ2) is 48.2. The van der Waals surface area contributed by atoms with Gasteiger partial charge >= 0.3 is 0 Å². The van der Waals surface area contributed by atoms with Gasteiger partial charge < -0.3 is 40.3 Å². The number of aliphatic hydroxyl groups is 5. The normalized spacial score (nSPS) is 20.5. The summed E-state index contributed by atoms with van der Waals surface area (Å²) in [6.07, 6.45) is 65.3. The number of nitrogens with one attached hydrogen (secondary N) is 1. The Labute approximate surface area is 420 Å². The molecule has 0 aromatic heterocycles. The highest BCUT2D eigenvalue weighted by molar-refractivity contribution is 5.76. The Hall–Kier alpha value is -3.41. The highest BCUT2D eigenvalue weighted by Crippen LogP contribution is 2.22. The topological polar surface area (TPSA) is 149 Å². The molecule has 1 fully saturated rings. The average molecular weight is 962 g/mol. The zero-order valence-electron chi connectivity index (χ0n) is 43.3. The maximum Gasteiger partial charge on any atom is 0.220 e. The van der Waals surface area contributed by atoms with E-state index in [4.69, 9.17) is 9.47 Å². The molecular formula is C60H99NO8. The van der Waals surface area contributed by atoms with E-state index in [1.807, 2.05) is 6.08 Å². The summed E-state index contributed by atoms with van der Waals surface area (Å²) in [7, 11) is 0. The van der Waals surface area contributed by atoms with Crippen LogP contribution in [0.5, 0.6) is 0 Å². The molecule has 1 heterocycles. The van der Waals surface area contributed by atoms with Crippen molar-refractivity contribution in [2.75, 3.05) is 13.2 Å². The van der Waals surface area contributed by atoms with Crippen LogP contribution in [0.15, 0.2) is 122 Å². The van der Waals surface area contributed by atoms with Crippen LogP contribution in [-0.2, 0) is 14.3 Å². The summed E-state index contributed by atoms with van der Waals surface area (Å²) >= 11 is 0. The number of amides is 1. The molecule has 0 aromatic carbocycles. The van der Waals surface area contributed by atoms with Crippen LogP contribution in [0.4, 0.5) is 0 Å². The zero-order chi connectivity index (χ0) is 50.1. The lowest BCUT2D eigenvalue weighted by Crippen LogP contribution is -2.60. The van der Waals surface area contributed by atoms with Crippen LogP contribution < -0.4 is 5.32 Å². The highest BCUT2D eigenvalue weighted by Gasteiger charge is 2.44. The van der Waals surface area contributed by atoms with Crippen LogP contribution >= 0.6 is 0 Å². The molecule has 392 valence electrons. The maximum atomic E-state index is 13.0. The highest BCUT2D eigenvalue weighted by atomic mass is 16.7. The average Bonchev–Trinajstić information content (AvgIpc) is 3.35. The van der Waals surface area contributed by atoms with E-state index in [1.54, 1.807) is 6.08 Å². The first kappa shape index (κ1) is 63.6. The summed E-state index contributed by atoms with van der Waals surface area (Å²) in [5, 5.41) is 54.4. The molecule has 1 saturated heterocycles. The fraction of sp³-hybridized carbons (Fsp3) is 0.650. The molecule has 6 N–H and O–H groups in total. The smallest absolute Gasteiger partial charge is 0.220 e. The zero-order valence-corrected chi connectivity index (χ0v) is 43.3. The molecule has 0 bridgehead atoms. The predicted molar refractivity (Wildman–Crippen MR) is 290 cm³/mol. The summed E-state index contributed by atoms with van der Waals surface area (Å²) in [6.45, 7) is 3.61. The van der Waals surface area contributed by atoms with Crippen molar-refractivity contribution in [2.24, 2.45) is 0 Å². The summed E-state index contributed by atoms with van der Waals surface area (Å²) in [6, 6.07) is -0.843. The first-order chi connectivity index (χ1) is 33.8. The fourth-order valence-corrected chi connectivity index (χ4v) is 7.70. The Morgan fingerprint density at radius 1 is 0.507 bits per heavy atom. The number of carbonyl (C=O) groups excluding carboxylic acids is 1. The first-order valence-corrected chi connectivity index (χ1v) is 27.3. The van der Waals surface area contributed by atoms with E-state index in [9.17, 15) is 30.3 Å². The predicted octanol–water partition coefficient (Wildman–Crippen LogP) is 13.2. The SMILES string of the molecule is CC/C=C\C/C=C\C/C=C\C/C=C\C/C=C\C/C=C\C/C=C\CCCCCCCCCC(=O)NC(COC1OC(CO)C(O)C(O)C1O)C(O)/C=C/CC/C=C/CC/C=C/CCCCCCCCC. The maximum absolute atomic E-state index is 13.0. The van der Waals surface area contributed by atoms with E-state index in [0.29, 0.717) is 6.42 Å². The molecule has 9 nitrogen and oxygen atoms in total. The lowest BCUT2D eigenvalue weighted by Gasteiger charge is -2.40. The van der Waals surface area contributed by atoms with E-state index in [0.717, 1.165) is 109 Å². The van der Waals surface area contributed by atoms with Gasteiger partial charge in [0.05, 0.1) is 25.4 Å². The van der Waals surface area contributed by atoms with Crippen molar-refractivity contribution in [3.05, 3.63) is 122 Å². The van der Waals surface area contributed by atoms with Gasteiger partial charge in [0.15, 0.2) is 6.29 Å². The molecule has 1 aliphatic heterocycles. The Morgan fingerprint density at radius 3 is 1.39 bits per heavy atom. The molecule has 1 amide bonds. The van der Waals surface area contributed by atoms with Crippen LogP contribution in [0.3, 0.4) is 0 Å². The first-order valence-electron chi connectivity index (χ1n) is 27.3. The number of hydrogen-bond donors (Lipinski definition) is 6. The minimum absolute atomic E-state index is 0.208. The molecule has 1 aliphatic rings. The van der Waals surface area contributed by atoms with E-state index in [-0.39, 0.29) is 12.5 Å². The quantitative estimate of drug-likeness (QED) is 0.0261. The van der Waals surface area contributed by atoms with Gasteiger partial charge in [-0.1, -0.05) is 206 Å². The molecule has 0 saturated carbocycles. The third-order valence-electron chi connectivity index (χ3n) is 12.0. The molecule has 0 spiro atoms. The van der Waals surface area contributed by atoms with Crippen molar-refractivity contribution in [1.82, 2.24) is 5.32 Å². The number of allylic oxidation sites excluding steroid dienone is 19. The number of rotatable bonds is 44. The van der Waals surface area contributed by atoms with Crippen molar-refractivity contribution in [3.8, 4) is 0 Å². The molecule has 7 unspecified atom stereocenters. The lowest BCUT2D eigenvalue weighted by molar-refractivity contribution is -0.302. The second-order valence-corrected chi connectivity index (χ2v) is 18.3. The third-order valence-corrected chi connectivity index (χ3v) is 12.0. The van der Waals surface area contributed by atoms with E-state index < -0.39 is 49.5 Å². The summed E-state index contributed by atoms with van der Waals surface area (Å²) in [4.78, 5) is 13.0. The summed E-state index contributed by atoms with van der Waals surface area (Å²) in [5.41, 5.74) is 0. The second-order valence-electron chi connectivity index (χ2n) is 18.3.